The fraction of sp³-hybridized carbons (Fsp3) is 0.615. The van der Waals surface area contributed by atoms with Crippen molar-refractivity contribution in [3.05, 3.63) is 17.9 Å². The zero-order valence-electron chi connectivity index (χ0n) is 10.7. The summed E-state index contributed by atoms with van der Waals surface area (Å²) in [7, 11) is 0. The van der Waals surface area contributed by atoms with Crippen LogP contribution in [0.25, 0.3) is 0 Å². The summed E-state index contributed by atoms with van der Waals surface area (Å²) in [5.74, 6) is 1.23. The van der Waals surface area contributed by atoms with Crippen molar-refractivity contribution in [1.29, 1.82) is 10.8 Å². The van der Waals surface area contributed by atoms with E-state index in [9.17, 15) is 0 Å². The average Bonchev–Trinajstić information content (AvgIpc) is 2.61. The molecular weight excluding hydrogens is 226 g/mol. The number of nitrogen functional groups attached to an aromatic ring is 1. The molecule has 5 nitrogen and oxygen atoms in total. The van der Waals surface area contributed by atoms with Gasteiger partial charge in [0.25, 0.3) is 0 Å². The highest BCUT2D eigenvalue weighted by molar-refractivity contribution is 5.81. The molecule has 0 bridgehead atoms. The van der Waals surface area contributed by atoms with Crippen molar-refractivity contribution in [2.45, 2.75) is 44.9 Å². The predicted octanol–water partition coefficient (Wildman–Crippen LogP) is 2.13. The van der Waals surface area contributed by atoms with Crippen LogP contribution in [-0.2, 0) is 0 Å². The second kappa shape index (κ2) is 5.80. The molecule has 0 amide bonds. The Balaban J connectivity index is 2.07. The summed E-state index contributed by atoms with van der Waals surface area (Å²) in [6.07, 6.45) is 11.5. The zero-order valence-corrected chi connectivity index (χ0v) is 10.7. The van der Waals surface area contributed by atoms with Gasteiger partial charge in [0, 0.05) is 18.8 Å². The van der Waals surface area contributed by atoms with Gasteiger partial charge in [-0.25, -0.2) is 4.98 Å². The summed E-state index contributed by atoms with van der Waals surface area (Å²) >= 11 is 0. The average molecular weight is 247 g/mol. The third-order valence-electron chi connectivity index (χ3n) is 3.66. The molecule has 0 aliphatic heterocycles. The Hall–Kier alpha value is -1.65. The first-order chi connectivity index (χ1) is 8.68. The summed E-state index contributed by atoms with van der Waals surface area (Å²) in [6.45, 7) is 0. The van der Waals surface area contributed by atoms with Gasteiger partial charge in [-0.1, -0.05) is 38.5 Å². The molecule has 1 aliphatic carbocycles. The van der Waals surface area contributed by atoms with E-state index in [2.05, 4.69) is 4.98 Å². The van der Waals surface area contributed by atoms with E-state index in [1.54, 1.807) is 12.4 Å². The Bertz CT molecular complexity index is 469. The van der Waals surface area contributed by atoms with E-state index in [-0.39, 0.29) is 11.3 Å². The van der Waals surface area contributed by atoms with Crippen LogP contribution in [0.1, 0.15) is 44.9 Å². The smallest absolute Gasteiger partial charge is 0.173 e. The van der Waals surface area contributed by atoms with E-state index in [0.29, 0.717) is 11.8 Å². The molecular formula is C13H21N5. The van der Waals surface area contributed by atoms with Gasteiger partial charge in [0.1, 0.15) is 5.84 Å². The van der Waals surface area contributed by atoms with Crippen LogP contribution in [0.15, 0.2) is 12.4 Å². The highest BCUT2D eigenvalue weighted by Gasteiger charge is 2.15. The SMILES string of the molecule is N=C(CC1CCCCCC1)n1ccnc(N)c1=N. The molecule has 0 aromatic carbocycles. The maximum absolute atomic E-state index is 8.13. The van der Waals surface area contributed by atoms with Crippen LogP contribution in [0.3, 0.4) is 0 Å². The Morgan fingerprint density at radius 1 is 1.33 bits per heavy atom. The van der Waals surface area contributed by atoms with Crippen LogP contribution in [0.2, 0.25) is 0 Å². The number of nitrogens with zero attached hydrogens (tertiary/aromatic N) is 2. The summed E-state index contributed by atoms with van der Waals surface area (Å²) in [4.78, 5) is 3.86. The van der Waals surface area contributed by atoms with Gasteiger partial charge in [0.2, 0.25) is 0 Å². The molecule has 4 N–H and O–H groups in total. The van der Waals surface area contributed by atoms with Gasteiger partial charge in [0.15, 0.2) is 11.3 Å². The van der Waals surface area contributed by atoms with Gasteiger partial charge >= 0.3 is 0 Å². The van der Waals surface area contributed by atoms with E-state index in [0.717, 1.165) is 6.42 Å². The van der Waals surface area contributed by atoms with Crippen molar-refractivity contribution in [1.82, 2.24) is 9.55 Å². The number of nitrogens with one attached hydrogen (secondary N) is 2. The van der Waals surface area contributed by atoms with E-state index < -0.39 is 0 Å². The van der Waals surface area contributed by atoms with Crippen LogP contribution in [0.5, 0.6) is 0 Å². The summed E-state index contributed by atoms with van der Waals surface area (Å²) in [5, 5.41) is 16.0. The Kier molecular flexibility index (Phi) is 4.12. The zero-order chi connectivity index (χ0) is 13.0. The number of nitrogens with two attached hydrogens (primary N) is 1. The number of rotatable bonds is 2. The molecule has 0 atom stereocenters. The van der Waals surface area contributed by atoms with Crippen molar-refractivity contribution < 1.29 is 0 Å². The largest absolute Gasteiger partial charge is 0.381 e. The molecule has 1 saturated carbocycles. The molecule has 0 saturated heterocycles. The van der Waals surface area contributed by atoms with Crippen LogP contribution < -0.4 is 11.2 Å². The molecule has 1 aromatic heterocycles. The van der Waals surface area contributed by atoms with Crippen LogP contribution in [0.4, 0.5) is 5.82 Å². The quantitative estimate of drug-likeness (QED) is 0.424. The first-order valence-corrected chi connectivity index (χ1v) is 6.64. The number of hydrogen-bond donors (Lipinski definition) is 3. The normalized spacial score (nSPS) is 17.3. The summed E-state index contributed by atoms with van der Waals surface area (Å²) < 4.78 is 1.53. The standard InChI is InChI=1S/C13H21N5/c14-11(9-10-5-3-1-2-4-6-10)18-8-7-17-12(15)13(18)16/h7-8,10,14,16H,1-6,9H2,(H2,15,17). The maximum Gasteiger partial charge on any atom is 0.173 e. The van der Waals surface area contributed by atoms with Gasteiger partial charge in [-0.3, -0.25) is 15.4 Å². The first kappa shape index (κ1) is 12.8. The van der Waals surface area contributed by atoms with Gasteiger partial charge in [0.05, 0.1) is 0 Å². The van der Waals surface area contributed by atoms with Gasteiger partial charge in [-0.15, -0.1) is 0 Å². The number of hydrogen-bond acceptors (Lipinski definition) is 4. The lowest BCUT2D eigenvalue weighted by atomic mass is 9.96. The lowest BCUT2D eigenvalue weighted by molar-refractivity contribution is 0.471. The van der Waals surface area contributed by atoms with E-state index in [1.165, 1.54) is 43.1 Å². The second-order valence-electron chi connectivity index (χ2n) is 5.04. The van der Waals surface area contributed by atoms with Crippen LogP contribution >= 0.6 is 0 Å². The lowest BCUT2D eigenvalue weighted by Crippen LogP contribution is -2.30. The van der Waals surface area contributed by atoms with Crippen molar-refractivity contribution in [2.75, 3.05) is 5.73 Å². The summed E-state index contributed by atoms with van der Waals surface area (Å²) in [6, 6.07) is 0. The summed E-state index contributed by atoms with van der Waals surface area (Å²) in [5.41, 5.74) is 5.72. The minimum Gasteiger partial charge on any atom is -0.381 e. The van der Waals surface area contributed by atoms with Crippen molar-refractivity contribution >= 4 is 11.7 Å². The van der Waals surface area contributed by atoms with Gasteiger partial charge in [-0.05, 0) is 5.92 Å². The first-order valence-electron chi connectivity index (χ1n) is 6.64. The highest BCUT2D eigenvalue weighted by Crippen LogP contribution is 2.25. The molecule has 0 radical (unpaired) electrons. The Morgan fingerprint density at radius 2 is 2.00 bits per heavy atom. The minimum absolute atomic E-state index is 0.121. The fourth-order valence-electron chi connectivity index (χ4n) is 2.60. The van der Waals surface area contributed by atoms with Crippen LogP contribution in [-0.4, -0.2) is 15.4 Å². The molecule has 18 heavy (non-hydrogen) atoms. The van der Waals surface area contributed by atoms with Crippen molar-refractivity contribution in [2.24, 2.45) is 5.92 Å². The van der Waals surface area contributed by atoms with Crippen molar-refractivity contribution in [3.63, 3.8) is 0 Å². The fourth-order valence-corrected chi connectivity index (χ4v) is 2.60. The topological polar surface area (TPSA) is 91.5 Å². The van der Waals surface area contributed by atoms with Gasteiger partial charge < -0.3 is 5.73 Å². The molecule has 1 fully saturated rings. The van der Waals surface area contributed by atoms with E-state index in [4.69, 9.17) is 16.6 Å². The van der Waals surface area contributed by atoms with E-state index >= 15 is 0 Å². The third kappa shape index (κ3) is 2.97. The lowest BCUT2D eigenvalue weighted by Gasteiger charge is -2.16. The minimum atomic E-state index is 0.121. The van der Waals surface area contributed by atoms with E-state index in [1.807, 2.05) is 0 Å². The molecule has 1 aliphatic rings. The number of aromatic nitrogens is 2. The molecule has 0 unspecified atom stereocenters. The third-order valence-corrected chi connectivity index (χ3v) is 3.66. The molecule has 1 heterocycles. The molecule has 2 rings (SSSR count). The highest BCUT2D eigenvalue weighted by atomic mass is 15.1. The molecule has 98 valence electrons. The second-order valence-corrected chi connectivity index (χ2v) is 5.04. The molecule has 0 spiro atoms. The molecule has 1 aromatic rings. The molecule has 5 heteroatoms. The Morgan fingerprint density at radius 3 is 2.67 bits per heavy atom. The predicted molar refractivity (Wildman–Crippen MR) is 71.4 cm³/mol. The van der Waals surface area contributed by atoms with Crippen molar-refractivity contribution in [3.8, 4) is 0 Å². The van der Waals surface area contributed by atoms with Crippen LogP contribution in [0, 0.1) is 16.7 Å². The van der Waals surface area contributed by atoms with Gasteiger partial charge in [-0.2, -0.15) is 0 Å². The Labute approximate surface area is 107 Å². The monoisotopic (exact) mass is 247 g/mol. The maximum atomic E-state index is 8.13. The number of anilines is 1.